The van der Waals surface area contributed by atoms with E-state index in [9.17, 15) is 9.59 Å². The smallest absolute Gasteiger partial charge is 0.257 e. The molecule has 142 valence electrons. The highest BCUT2D eigenvalue weighted by molar-refractivity contribution is 5.85. The van der Waals surface area contributed by atoms with Gasteiger partial charge in [-0.05, 0) is 43.0 Å². The highest BCUT2D eigenvalue weighted by Gasteiger charge is 2.18. The van der Waals surface area contributed by atoms with E-state index in [0.717, 1.165) is 36.4 Å². The van der Waals surface area contributed by atoms with Crippen LogP contribution in [0.25, 0.3) is 0 Å². The van der Waals surface area contributed by atoms with E-state index in [1.165, 1.54) is 5.56 Å². The van der Waals surface area contributed by atoms with Crippen LogP contribution in [0.4, 0.5) is 5.69 Å². The number of hydrazine groups is 1. The van der Waals surface area contributed by atoms with Crippen molar-refractivity contribution in [2.75, 3.05) is 24.6 Å². The maximum absolute atomic E-state index is 12.2. The summed E-state index contributed by atoms with van der Waals surface area (Å²) < 4.78 is 5.59. The number of para-hydroxylation sites is 2. The van der Waals surface area contributed by atoms with Gasteiger partial charge < -0.3 is 9.64 Å². The van der Waals surface area contributed by atoms with Gasteiger partial charge in [-0.3, -0.25) is 20.4 Å². The molecule has 27 heavy (non-hydrogen) atoms. The second-order valence-electron chi connectivity index (χ2n) is 6.61. The number of benzene rings is 2. The Morgan fingerprint density at radius 2 is 1.78 bits per heavy atom. The first kappa shape index (κ1) is 18.8. The van der Waals surface area contributed by atoms with Crippen molar-refractivity contribution >= 4 is 17.5 Å². The van der Waals surface area contributed by atoms with E-state index in [1.807, 2.05) is 54.3 Å². The lowest BCUT2D eigenvalue weighted by atomic mass is 10.0. The fourth-order valence-corrected chi connectivity index (χ4v) is 3.16. The van der Waals surface area contributed by atoms with Crippen molar-refractivity contribution in [2.45, 2.75) is 26.2 Å². The minimum atomic E-state index is -0.282. The Hall–Kier alpha value is -3.02. The number of nitrogens with zero attached hydrogens (tertiary/aromatic N) is 1. The fourth-order valence-electron chi connectivity index (χ4n) is 3.16. The van der Waals surface area contributed by atoms with E-state index in [0.29, 0.717) is 0 Å². The van der Waals surface area contributed by atoms with Crippen molar-refractivity contribution < 1.29 is 14.3 Å². The lowest BCUT2D eigenvalue weighted by Crippen LogP contribution is -2.47. The Bertz CT molecular complexity index is 807. The Kier molecular flexibility index (Phi) is 6.30. The Labute approximate surface area is 159 Å². The van der Waals surface area contributed by atoms with Crippen molar-refractivity contribution in [3.05, 3.63) is 59.7 Å². The number of ether oxygens (including phenoxy) is 1. The van der Waals surface area contributed by atoms with E-state index in [-0.39, 0.29) is 31.4 Å². The molecule has 2 N–H and O–H groups in total. The van der Waals surface area contributed by atoms with Crippen LogP contribution in [0.1, 0.15) is 24.0 Å². The summed E-state index contributed by atoms with van der Waals surface area (Å²) in [6.07, 6.45) is 2.22. The van der Waals surface area contributed by atoms with Gasteiger partial charge in [0.15, 0.2) is 0 Å². The van der Waals surface area contributed by atoms with Crippen molar-refractivity contribution in [3.63, 3.8) is 0 Å². The van der Waals surface area contributed by atoms with E-state index in [2.05, 4.69) is 16.9 Å². The number of fused-ring (bicyclic) bond motifs is 1. The lowest BCUT2D eigenvalue weighted by Gasteiger charge is -2.30. The van der Waals surface area contributed by atoms with E-state index in [4.69, 9.17) is 4.74 Å². The zero-order chi connectivity index (χ0) is 19.1. The van der Waals surface area contributed by atoms with Gasteiger partial charge in [0.05, 0.1) is 19.6 Å². The summed E-state index contributed by atoms with van der Waals surface area (Å²) in [6, 6.07) is 15.8. The molecule has 0 atom stereocenters. The molecule has 6 nitrogen and oxygen atoms in total. The van der Waals surface area contributed by atoms with Gasteiger partial charge in [-0.15, -0.1) is 0 Å². The Morgan fingerprint density at radius 3 is 2.63 bits per heavy atom. The molecule has 0 fully saturated rings. The summed E-state index contributed by atoms with van der Waals surface area (Å²) in [5.74, 6) is 0.244. The van der Waals surface area contributed by atoms with Gasteiger partial charge in [0.1, 0.15) is 5.75 Å². The van der Waals surface area contributed by atoms with Crippen LogP contribution in [-0.4, -0.2) is 31.5 Å². The van der Waals surface area contributed by atoms with Crippen LogP contribution in [0.3, 0.4) is 0 Å². The quantitative estimate of drug-likeness (QED) is 0.769. The van der Waals surface area contributed by atoms with Gasteiger partial charge in [0, 0.05) is 12.2 Å². The molecule has 0 radical (unpaired) electrons. The van der Waals surface area contributed by atoms with E-state index in [1.54, 1.807) is 0 Å². The standard InChI is InChI=1S/C21H25N3O3/c1-16-7-2-5-11-19(16)27-14-12-20(25)22-23-21(26)15-24-13-6-9-17-8-3-4-10-18(17)24/h2-5,7-8,10-11H,6,9,12-15H2,1H3,(H,22,25)(H,23,26). The van der Waals surface area contributed by atoms with Crippen LogP contribution in [0.15, 0.2) is 48.5 Å². The van der Waals surface area contributed by atoms with E-state index >= 15 is 0 Å². The molecule has 3 rings (SSSR count). The number of aryl methyl sites for hydroxylation is 2. The number of nitrogens with one attached hydrogen (secondary N) is 2. The monoisotopic (exact) mass is 367 g/mol. The average molecular weight is 367 g/mol. The second kappa shape index (κ2) is 9.07. The first-order chi connectivity index (χ1) is 13.1. The van der Waals surface area contributed by atoms with Crippen molar-refractivity contribution in [1.82, 2.24) is 10.9 Å². The number of rotatable bonds is 6. The zero-order valence-electron chi connectivity index (χ0n) is 15.5. The summed E-state index contributed by atoms with van der Waals surface area (Å²) in [5.41, 5.74) is 8.31. The molecule has 2 aromatic rings. The molecule has 0 bridgehead atoms. The molecule has 0 aromatic heterocycles. The molecule has 0 saturated carbocycles. The predicted molar refractivity (Wildman–Crippen MR) is 105 cm³/mol. The van der Waals surface area contributed by atoms with Gasteiger partial charge in [-0.1, -0.05) is 36.4 Å². The third kappa shape index (κ3) is 5.23. The molecule has 0 unspecified atom stereocenters. The van der Waals surface area contributed by atoms with Crippen LogP contribution in [0.5, 0.6) is 5.75 Å². The predicted octanol–water partition coefficient (Wildman–Crippen LogP) is 2.36. The molecule has 0 aliphatic carbocycles. The third-order valence-corrected chi connectivity index (χ3v) is 4.56. The average Bonchev–Trinajstić information content (AvgIpc) is 2.68. The summed E-state index contributed by atoms with van der Waals surface area (Å²) in [5, 5.41) is 0. The fraction of sp³-hybridized carbons (Fsp3) is 0.333. The van der Waals surface area contributed by atoms with Crippen LogP contribution in [0, 0.1) is 6.92 Å². The first-order valence-electron chi connectivity index (χ1n) is 9.22. The molecule has 0 saturated heterocycles. The topological polar surface area (TPSA) is 70.7 Å². The number of amides is 2. The largest absolute Gasteiger partial charge is 0.493 e. The summed E-state index contributed by atoms with van der Waals surface area (Å²) in [6.45, 7) is 3.26. The van der Waals surface area contributed by atoms with Crippen LogP contribution in [-0.2, 0) is 16.0 Å². The van der Waals surface area contributed by atoms with Gasteiger partial charge in [-0.25, -0.2) is 0 Å². The maximum atomic E-state index is 12.2. The third-order valence-electron chi connectivity index (χ3n) is 4.56. The van der Waals surface area contributed by atoms with Crippen LogP contribution >= 0.6 is 0 Å². The molecule has 2 aromatic carbocycles. The van der Waals surface area contributed by atoms with Crippen LogP contribution < -0.4 is 20.5 Å². The zero-order valence-corrected chi connectivity index (χ0v) is 15.5. The lowest BCUT2D eigenvalue weighted by molar-refractivity contribution is -0.128. The summed E-state index contributed by atoms with van der Waals surface area (Å²) >= 11 is 0. The highest BCUT2D eigenvalue weighted by Crippen LogP contribution is 2.26. The SMILES string of the molecule is Cc1ccccc1OCCC(=O)NNC(=O)CN1CCCc2ccccc21. The molecular formula is C21H25N3O3. The molecule has 1 aliphatic rings. The van der Waals surface area contributed by atoms with Gasteiger partial charge in [0.25, 0.3) is 5.91 Å². The Morgan fingerprint density at radius 1 is 1.04 bits per heavy atom. The molecule has 1 heterocycles. The minimum Gasteiger partial charge on any atom is -0.493 e. The normalized spacial score (nSPS) is 12.9. The number of anilines is 1. The molecule has 0 spiro atoms. The number of hydrogen-bond donors (Lipinski definition) is 2. The molecular weight excluding hydrogens is 342 g/mol. The number of carbonyl (C=O) groups is 2. The maximum Gasteiger partial charge on any atom is 0.257 e. The van der Waals surface area contributed by atoms with Crippen molar-refractivity contribution in [1.29, 1.82) is 0 Å². The van der Waals surface area contributed by atoms with E-state index < -0.39 is 0 Å². The van der Waals surface area contributed by atoms with Crippen molar-refractivity contribution in [3.8, 4) is 5.75 Å². The second-order valence-corrected chi connectivity index (χ2v) is 6.61. The highest BCUT2D eigenvalue weighted by atomic mass is 16.5. The van der Waals surface area contributed by atoms with Gasteiger partial charge in [-0.2, -0.15) is 0 Å². The molecule has 1 aliphatic heterocycles. The number of carbonyl (C=O) groups excluding carboxylic acids is 2. The first-order valence-corrected chi connectivity index (χ1v) is 9.22. The Balaban J connectivity index is 1.39. The summed E-state index contributed by atoms with van der Waals surface area (Å²) in [7, 11) is 0. The number of hydrogen-bond acceptors (Lipinski definition) is 4. The summed E-state index contributed by atoms with van der Waals surface area (Å²) in [4.78, 5) is 26.1. The van der Waals surface area contributed by atoms with Gasteiger partial charge >= 0.3 is 0 Å². The van der Waals surface area contributed by atoms with Gasteiger partial charge in [0.2, 0.25) is 5.91 Å². The molecule has 2 amide bonds. The van der Waals surface area contributed by atoms with Crippen molar-refractivity contribution in [2.24, 2.45) is 0 Å². The minimum absolute atomic E-state index is 0.168. The van der Waals surface area contributed by atoms with Crippen LogP contribution in [0.2, 0.25) is 0 Å². The molecule has 6 heteroatoms.